The lowest BCUT2D eigenvalue weighted by molar-refractivity contribution is -0.0295. The Morgan fingerprint density at radius 2 is 1.01 bits per heavy atom. The maximum Gasteiger partial charge on any atom is 0.233 e. The molecule has 0 radical (unpaired) electrons. The largest absolute Gasteiger partial charge is 0.490 e. The second-order valence-electron chi connectivity index (χ2n) is 22.4. The average molecular weight is 1190 g/mol. The van der Waals surface area contributed by atoms with E-state index in [9.17, 15) is 0 Å². The zero-order chi connectivity index (χ0) is 58.6. The molecule has 0 bridgehead atoms. The Labute approximate surface area is 516 Å². The number of hydrogen-bond acceptors (Lipinski definition) is 14. The van der Waals surface area contributed by atoms with Gasteiger partial charge in [0.15, 0.2) is 0 Å². The third-order valence-corrected chi connectivity index (χ3v) is 14.9. The molecule has 4 aromatic heterocycles. The van der Waals surface area contributed by atoms with E-state index in [1.165, 1.54) is 66.5 Å². The van der Waals surface area contributed by atoms with Crippen LogP contribution < -0.4 is 18.9 Å². The number of aromatic amines is 2. The molecule has 474 valence electrons. The van der Waals surface area contributed by atoms with Crippen LogP contribution in [0.3, 0.4) is 0 Å². The van der Waals surface area contributed by atoms with Crippen LogP contribution in [0.1, 0.15) is 151 Å². The number of hydrogen-bond donors (Lipinski definition) is 2. The van der Waals surface area contributed by atoms with E-state index in [-0.39, 0.29) is 28.4 Å². The fourth-order valence-electron chi connectivity index (χ4n) is 10.4. The molecule has 7 aromatic rings. The number of benzene rings is 3. The van der Waals surface area contributed by atoms with E-state index < -0.39 is 0 Å². The molecule has 0 atom stereocenters. The van der Waals surface area contributed by atoms with Gasteiger partial charge < -0.3 is 43.1 Å². The van der Waals surface area contributed by atoms with Gasteiger partial charge in [0, 0.05) is 85.2 Å². The van der Waals surface area contributed by atoms with Gasteiger partial charge in [-0.2, -0.15) is 20.4 Å². The number of ether oxygens (including phenoxy) is 6. The van der Waals surface area contributed by atoms with E-state index >= 15 is 0 Å². The fourth-order valence-corrected chi connectivity index (χ4v) is 10.4. The highest BCUT2D eigenvalue weighted by molar-refractivity contribution is 5.65. The van der Waals surface area contributed by atoms with Crippen LogP contribution in [0.2, 0.25) is 0 Å². The lowest BCUT2D eigenvalue weighted by Gasteiger charge is -2.30. The Morgan fingerprint density at radius 3 is 1.49 bits per heavy atom. The maximum atomic E-state index is 6.23. The minimum absolute atomic E-state index is 0. The van der Waals surface area contributed by atoms with E-state index in [0.29, 0.717) is 37.4 Å². The minimum atomic E-state index is 0. The van der Waals surface area contributed by atoms with Crippen LogP contribution in [-0.4, -0.2) is 147 Å². The lowest BCUT2D eigenvalue weighted by atomic mass is 9.94. The first-order valence-electron chi connectivity index (χ1n) is 30.5. The molecule has 0 spiro atoms. The first-order chi connectivity index (χ1) is 40.5. The Kier molecular flexibility index (Phi) is 32.8. The first kappa shape index (κ1) is 71.8. The van der Waals surface area contributed by atoms with E-state index in [4.69, 9.17) is 28.4 Å². The second-order valence-corrected chi connectivity index (χ2v) is 22.4. The lowest BCUT2D eigenvalue weighted by Crippen LogP contribution is -2.29. The van der Waals surface area contributed by atoms with Crippen LogP contribution in [0, 0.1) is 0 Å². The Morgan fingerprint density at radius 1 is 0.558 bits per heavy atom. The van der Waals surface area contributed by atoms with Crippen LogP contribution in [-0.2, 0) is 36.2 Å². The van der Waals surface area contributed by atoms with Crippen molar-refractivity contribution in [3.63, 3.8) is 0 Å². The third kappa shape index (κ3) is 23.9. The predicted octanol–water partition coefficient (Wildman–Crippen LogP) is 14.8. The molecule has 2 N–H and O–H groups in total. The number of unbranched alkanes of at least 4 members (excludes halogenated alkanes) is 3. The predicted molar refractivity (Wildman–Crippen MR) is 351 cm³/mol. The molecular weight excluding hydrogens is 1080 g/mol. The van der Waals surface area contributed by atoms with Gasteiger partial charge in [0.1, 0.15) is 36.6 Å². The standard InChI is InChI=1S/C24H37N3O2.C21H27N5O2.C21H31N3O2.3CH4/c1-5-6-15-27(4)17-20-16-25-26-24(20)19-7-9-22(10-8-19)29-23-13-11-21(12-14-23)28-18(2)3;1-3-4-12-26(2)16-18-15-23-25-21(18)17-7-9-19(10-8-17)27-13-14-28-20-6-5-11-22-24-20;1-4-5-12-23(2)16-18-15-22-24(3)21(18)17-6-8-19(9-7-17)26-20-10-13-25-14-11-20;;;/h7-10,16,18,21,23H,5-6,11-15,17H2,1-4H3,(H,25,26);5-11,15H,3-4,12-14,16H2,1-2H3,(H,23,25);6-9,15,20H,4-5,10-14,16H2,1-3H3;3*1H4. The molecular formula is C69H107N11O6. The summed E-state index contributed by atoms with van der Waals surface area (Å²) in [6.07, 6.45) is 22.3. The quantitative estimate of drug-likeness (QED) is 0.0425. The number of nitrogens with zero attached hydrogens (tertiary/aromatic N) is 9. The van der Waals surface area contributed by atoms with Crippen molar-refractivity contribution >= 4 is 0 Å². The van der Waals surface area contributed by atoms with Gasteiger partial charge in [-0.1, -0.05) is 62.3 Å². The van der Waals surface area contributed by atoms with Crippen LogP contribution >= 0.6 is 0 Å². The summed E-state index contributed by atoms with van der Waals surface area (Å²) in [5, 5.41) is 26.9. The molecule has 0 unspecified atom stereocenters. The number of rotatable bonds is 29. The van der Waals surface area contributed by atoms with Gasteiger partial charge in [-0.15, -0.1) is 5.10 Å². The Hall–Kier alpha value is -6.63. The van der Waals surface area contributed by atoms with Crippen molar-refractivity contribution in [2.45, 2.75) is 178 Å². The molecule has 17 heteroatoms. The summed E-state index contributed by atoms with van der Waals surface area (Å²) in [6.45, 7) is 19.4. The van der Waals surface area contributed by atoms with Gasteiger partial charge in [0.2, 0.25) is 5.88 Å². The summed E-state index contributed by atoms with van der Waals surface area (Å²) in [5.41, 5.74) is 10.5. The normalized spacial score (nSPS) is 14.9. The van der Waals surface area contributed by atoms with Crippen molar-refractivity contribution in [2.24, 2.45) is 7.05 Å². The summed E-state index contributed by atoms with van der Waals surface area (Å²) < 4.78 is 36.8. The zero-order valence-corrected chi connectivity index (χ0v) is 51.2. The number of nitrogens with one attached hydrogen (secondary N) is 2. The molecule has 2 aliphatic rings. The molecule has 5 heterocycles. The topological polar surface area (TPSA) is 166 Å². The number of aromatic nitrogens is 8. The smallest absolute Gasteiger partial charge is 0.233 e. The highest BCUT2D eigenvalue weighted by atomic mass is 16.5. The van der Waals surface area contributed by atoms with Gasteiger partial charge in [0.25, 0.3) is 0 Å². The van der Waals surface area contributed by atoms with Gasteiger partial charge in [-0.05, 0) is 178 Å². The molecule has 1 saturated carbocycles. The molecule has 3 aromatic carbocycles. The Balaban J connectivity index is 0.000000272. The van der Waals surface area contributed by atoms with Crippen LogP contribution in [0.25, 0.3) is 33.8 Å². The van der Waals surface area contributed by atoms with Gasteiger partial charge in [0.05, 0.1) is 67.2 Å². The highest BCUT2D eigenvalue weighted by Gasteiger charge is 2.24. The third-order valence-electron chi connectivity index (χ3n) is 14.9. The van der Waals surface area contributed by atoms with E-state index in [1.807, 2.05) is 54.6 Å². The number of H-pyrrole nitrogens is 2. The molecule has 9 rings (SSSR count). The summed E-state index contributed by atoms with van der Waals surface area (Å²) in [5.74, 6) is 3.18. The van der Waals surface area contributed by atoms with Crippen molar-refractivity contribution in [2.75, 3.05) is 67.2 Å². The van der Waals surface area contributed by atoms with Crippen molar-refractivity contribution in [3.05, 3.63) is 126 Å². The summed E-state index contributed by atoms with van der Waals surface area (Å²) in [4.78, 5) is 7.05. The maximum absolute atomic E-state index is 6.23. The van der Waals surface area contributed by atoms with Gasteiger partial charge in [-0.3, -0.25) is 14.9 Å². The monoisotopic (exact) mass is 1190 g/mol. The second kappa shape index (κ2) is 39.2. The fraction of sp³-hybridized carbons (Fsp3) is 0.551. The summed E-state index contributed by atoms with van der Waals surface area (Å²) >= 11 is 0. The molecule has 1 aliphatic heterocycles. The molecule has 1 saturated heterocycles. The molecule has 86 heavy (non-hydrogen) atoms. The van der Waals surface area contributed by atoms with Crippen molar-refractivity contribution in [1.29, 1.82) is 0 Å². The van der Waals surface area contributed by atoms with Crippen molar-refractivity contribution in [3.8, 4) is 56.9 Å². The van der Waals surface area contributed by atoms with Crippen LogP contribution in [0.5, 0.6) is 23.1 Å². The molecule has 1 aliphatic carbocycles. The minimum Gasteiger partial charge on any atom is -0.490 e. The van der Waals surface area contributed by atoms with Gasteiger partial charge in [-0.25, -0.2) is 0 Å². The summed E-state index contributed by atoms with van der Waals surface area (Å²) in [7, 11) is 8.51. The van der Waals surface area contributed by atoms with Crippen molar-refractivity contribution in [1.82, 2.24) is 55.1 Å². The molecule has 2 fully saturated rings. The first-order valence-corrected chi connectivity index (χ1v) is 30.5. The average Bonchev–Trinajstić information content (AvgIpc) is 3.95. The van der Waals surface area contributed by atoms with Crippen LogP contribution in [0.4, 0.5) is 0 Å². The van der Waals surface area contributed by atoms with Gasteiger partial charge >= 0.3 is 0 Å². The van der Waals surface area contributed by atoms with E-state index in [1.54, 1.807) is 18.3 Å². The van der Waals surface area contributed by atoms with Crippen molar-refractivity contribution < 1.29 is 28.4 Å². The highest BCUT2D eigenvalue weighted by Crippen LogP contribution is 2.31. The SMILES string of the molecule is C.C.C.CCCCN(C)Cc1cn[nH]c1-c1ccc(OC2CCC(OC(C)C)CC2)cc1.CCCCN(C)Cc1cn[nH]c1-c1ccc(OCCOc2cccnn2)cc1.CCCCN(C)Cc1cnn(C)c1-c1ccc(OC2CCOCC2)cc1. The van der Waals surface area contributed by atoms with Crippen LogP contribution in [0.15, 0.2) is 110 Å². The molecule has 0 amide bonds. The molecule has 17 nitrogen and oxygen atoms in total. The summed E-state index contributed by atoms with van der Waals surface area (Å²) in [6, 6.07) is 28.4. The van der Waals surface area contributed by atoms with E-state index in [2.05, 4.69) is 155 Å². The number of aryl methyl sites for hydroxylation is 1. The zero-order valence-electron chi connectivity index (χ0n) is 51.2. The Bertz CT molecular complexity index is 2830. The van der Waals surface area contributed by atoms with E-state index in [0.717, 1.165) is 131 Å².